The normalized spacial score (nSPS) is 11.0. The molecule has 0 radical (unpaired) electrons. The van der Waals surface area contributed by atoms with Crippen molar-refractivity contribution in [2.75, 3.05) is 0 Å². The van der Waals surface area contributed by atoms with Crippen molar-refractivity contribution in [3.05, 3.63) is 34.9 Å². The molecule has 0 aromatic carbocycles. The van der Waals surface area contributed by atoms with Crippen molar-refractivity contribution in [2.24, 2.45) is 7.05 Å². The predicted molar refractivity (Wildman–Crippen MR) is 86.8 cm³/mol. The highest BCUT2D eigenvalue weighted by Crippen LogP contribution is 2.21. The lowest BCUT2D eigenvalue weighted by Crippen LogP contribution is -2.23. The number of nitrogens with zero attached hydrogens (tertiary/aromatic N) is 6. The third-order valence-corrected chi connectivity index (χ3v) is 3.65. The Balaban J connectivity index is 1.81. The Morgan fingerprint density at radius 2 is 2.08 bits per heavy atom. The summed E-state index contributed by atoms with van der Waals surface area (Å²) in [5.74, 6) is -1.29. The van der Waals surface area contributed by atoms with Gasteiger partial charge in [-0.3, -0.25) is 14.3 Å². The zero-order chi connectivity index (χ0) is 18.1. The van der Waals surface area contributed by atoms with Crippen molar-refractivity contribution in [1.82, 2.24) is 35.1 Å². The number of rotatable bonds is 5. The van der Waals surface area contributed by atoms with Crippen LogP contribution in [-0.4, -0.2) is 46.7 Å². The van der Waals surface area contributed by atoms with Gasteiger partial charge >= 0.3 is 5.97 Å². The molecule has 0 aliphatic carbocycles. The highest BCUT2D eigenvalue weighted by molar-refractivity contribution is 6.06. The first-order chi connectivity index (χ1) is 11.8. The van der Waals surface area contributed by atoms with Gasteiger partial charge in [0.25, 0.3) is 5.91 Å². The van der Waals surface area contributed by atoms with Crippen LogP contribution in [0.2, 0.25) is 0 Å². The Morgan fingerprint density at radius 3 is 2.80 bits per heavy atom. The first-order valence-corrected chi connectivity index (χ1v) is 7.55. The van der Waals surface area contributed by atoms with E-state index in [1.165, 1.54) is 10.9 Å². The maximum absolute atomic E-state index is 12.6. The van der Waals surface area contributed by atoms with E-state index >= 15 is 0 Å². The van der Waals surface area contributed by atoms with E-state index in [0.29, 0.717) is 28.0 Å². The van der Waals surface area contributed by atoms with Crippen LogP contribution in [0.3, 0.4) is 0 Å². The molecule has 3 heterocycles. The fraction of sp³-hybridized carbons (Fsp3) is 0.333. The number of carboxylic acids is 1. The predicted octanol–water partition coefficient (Wildman–Crippen LogP) is 0.191. The Hall–Kier alpha value is -3.30. The van der Waals surface area contributed by atoms with Crippen LogP contribution in [0.1, 0.15) is 27.4 Å². The van der Waals surface area contributed by atoms with E-state index in [1.807, 2.05) is 13.8 Å². The summed E-state index contributed by atoms with van der Waals surface area (Å²) in [4.78, 5) is 27.7. The van der Waals surface area contributed by atoms with E-state index in [-0.39, 0.29) is 19.0 Å². The van der Waals surface area contributed by atoms with E-state index in [2.05, 4.69) is 25.7 Å². The summed E-state index contributed by atoms with van der Waals surface area (Å²) in [7, 11) is 1.78. The van der Waals surface area contributed by atoms with Crippen LogP contribution in [0.4, 0.5) is 0 Å². The van der Waals surface area contributed by atoms with Crippen LogP contribution >= 0.6 is 0 Å². The molecular weight excluding hydrogens is 326 g/mol. The maximum Gasteiger partial charge on any atom is 0.325 e. The molecular formula is C15H17N7O3. The molecule has 0 spiro atoms. The van der Waals surface area contributed by atoms with Gasteiger partial charge in [-0.25, -0.2) is 9.67 Å². The average Bonchev–Trinajstić information content (AvgIpc) is 3.08. The fourth-order valence-corrected chi connectivity index (χ4v) is 2.65. The van der Waals surface area contributed by atoms with E-state index in [4.69, 9.17) is 5.11 Å². The van der Waals surface area contributed by atoms with E-state index in [0.717, 1.165) is 5.69 Å². The van der Waals surface area contributed by atoms with Gasteiger partial charge < -0.3 is 10.4 Å². The van der Waals surface area contributed by atoms with Gasteiger partial charge in [0.05, 0.1) is 29.4 Å². The summed E-state index contributed by atoms with van der Waals surface area (Å²) in [5, 5.41) is 24.1. The van der Waals surface area contributed by atoms with Crippen molar-refractivity contribution in [3.63, 3.8) is 0 Å². The minimum atomic E-state index is -1.01. The molecule has 0 unspecified atom stereocenters. The van der Waals surface area contributed by atoms with Crippen LogP contribution in [0.15, 0.2) is 12.3 Å². The van der Waals surface area contributed by atoms with Gasteiger partial charge in [-0.15, -0.1) is 5.10 Å². The number of carboxylic acid groups (broad SMARTS) is 1. The standard InChI is InChI=1S/C15H17N7O3/c1-8-4-11(13-9(2)19-21(3)14(13)17-8)15(25)16-5-10-6-22(20-18-10)7-12(23)24/h4,6H,5,7H2,1-3H3,(H,16,25)(H,23,24). The molecule has 3 aromatic heterocycles. The number of pyridine rings is 1. The van der Waals surface area contributed by atoms with E-state index in [1.54, 1.807) is 17.8 Å². The van der Waals surface area contributed by atoms with Crippen LogP contribution in [0, 0.1) is 13.8 Å². The lowest BCUT2D eigenvalue weighted by Gasteiger charge is -2.06. The molecule has 1 amide bonds. The Kier molecular flexibility index (Phi) is 4.17. The monoisotopic (exact) mass is 343 g/mol. The van der Waals surface area contributed by atoms with Crippen molar-refractivity contribution < 1.29 is 14.7 Å². The molecule has 130 valence electrons. The van der Waals surface area contributed by atoms with Gasteiger partial charge in [-0.1, -0.05) is 5.21 Å². The molecule has 0 saturated heterocycles. The number of carbonyl (C=O) groups is 2. The number of hydrogen-bond acceptors (Lipinski definition) is 6. The van der Waals surface area contributed by atoms with Gasteiger partial charge in [0.15, 0.2) is 5.65 Å². The molecule has 0 bridgehead atoms. The Labute approximate surface area is 142 Å². The van der Waals surface area contributed by atoms with Crippen molar-refractivity contribution in [3.8, 4) is 0 Å². The Bertz CT molecular complexity index is 973. The van der Waals surface area contributed by atoms with Gasteiger partial charge in [-0.05, 0) is 19.9 Å². The molecule has 0 aliphatic rings. The molecule has 0 aliphatic heterocycles. The van der Waals surface area contributed by atoms with Gasteiger partial charge in [0, 0.05) is 12.7 Å². The number of aliphatic carboxylic acids is 1. The molecule has 0 saturated carbocycles. The summed E-state index contributed by atoms with van der Waals surface area (Å²) in [6.45, 7) is 3.50. The smallest absolute Gasteiger partial charge is 0.325 e. The SMILES string of the molecule is Cc1cc(C(=O)NCc2cn(CC(=O)O)nn2)c2c(C)nn(C)c2n1. The summed E-state index contributed by atoms with van der Waals surface area (Å²) in [6.07, 6.45) is 1.48. The quantitative estimate of drug-likeness (QED) is 0.677. The largest absolute Gasteiger partial charge is 0.480 e. The Morgan fingerprint density at radius 1 is 1.32 bits per heavy atom. The summed E-state index contributed by atoms with van der Waals surface area (Å²) in [6, 6.07) is 1.72. The highest BCUT2D eigenvalue weighted by atomic mass is 16.4. The number of fused-ring (bicyclic) bond motifs is 1. The van der Waals surface area contributed by atoms with Crippen molar-refractivity contribution in [1.29, 1.82) is 0 Å². The first-order valence-electron chi connectivity index (χ1n) is 7.55. The number of hydrogen-bond donors (Lipinski definition) is 2. The molecule has 0 fully saturated rings. The average molecular weight is 343 g/mol. The second kappa shape index (κ2) is 6.30. The number of carbonyl (C=O) groups excluding carboxylic acids is 1. The highest BCUT2D eigenvalue weighted by Gasteiger charge is 2.18. The molecule has 3 aromatic rings. The van der Waals surface area contributed by atoms with Crippen LogP contribution in [-0.2, 0) is 24.9 Å². The zero-order valence-electron chi connectivity index (χ0n) is 14.0. The second-order valence-electron chi connectivity index (χ2n) is 5.70. The van der Waals surface area contributed by atoms with Crippen LogP contribution in [0.25, 0.3) is 11.0 Å². The van der Waals surface area contributed by atoms with Gasteiger partial charge in [-0.2, -0.15) is 5.10 Å². The van der Waals surface area contributed by atoms with Crippen LogP contribution < -0.4 is 5.32 Å². The minimum Gasteiger partial charge on any atom is -0.480 e. The third-order valence-electron chi connectivity index (χ3n) is 3.65. The van der Waals surface area contributed by atoms with E-state index < -0.39 is 5.97 Å². The number of aryl methyl sites for hydroxylation is 3. The summed E-state index contributed by atoms with van der Waals surface area (Å²) >= 11 is 0. The van der Waals surface area contributed by atoms with Crippen molar-refractivity contribution in [2.45, 2.75) is 26.9 Å². The lowest BCUT2D eigenvalue weighted by molar-refractivity contribution is -0.137. The zero-order valence-corrected chi connectivity index (χ0v) is 14.0. The molecule has 25 heavy (non-hydrogen) atoms. The van der Waals surface area contributed by atoms with E-state index in [9.17, 15) is 9.59 Å². The second-order valence-corrected chi connectivity index (χ2v) is 5.70. The topological polar surface area (TPSA) is 128 Å². The molecule has 10 nitrogen and oxygen atoms in total. The van der Waals surface area contributed by atoms with Crippen molar-refractivity contribution >= 4 is 22.9 Å². The number of aromatic nitrogens is 6. The first kappa shape index (κ1) is 16.6. The summed E-state index contributed by atoms with van der Waals surface area (Å²) < 4.78 is 2.84. The molecule has 0 atom stereocenters. The molecule has 10 heteroatoms. The van der Waals surface area contributed by atoms with Crippen LogP contribution in [0.5, 0.6) is 0 Å². The fourth-order valence-electron chi connectivity index (χ4n) is 2.65. The third kappa shape index (κ3) is 3.32. The molecule has 2 N–H and O–H groups in total. The minimum absolute atomic E-state index is 0.140. The number of nitrogens with one attached hydrogen (secondary N) is 1. The lowest BCUT2D eigenvalue weighted by atomic mass is 10.1. The maximum atomic E-state index is 12.6. The summed E-state index contributed by atoms with van der Waals surface area (Å²) in [5.41, 5.74) is 3.05. The van der Waals surface area contributed by atoms with Gasteiger partial charge in [0.1, 0.15) is 12.2 Å². The molecule has 3 rings (SSSR count). The van der Waals surface area contributed by atoms with Gasteiger partial charge in [0.2, 0.25) is 0 Å². The number of amides is 1.